The minimum absolute atomic E-state index is 0.164. The van der Waals surface area contributed by atoms with Gasteiger partial charge in [-0.1, -0.05) is 23.7 Å². The lowest BCUT2D eigenvalue weighted by molar-refractivity contribution is -0.114. The molecular formula is C10H6ClO. The number of halogens is 1. The number of rotatable bonds is 1. The fourth-order valence-corrected chi connectivity index (χ4v) is 1.25. The normalized spacial score (nSPS) is 15.4. The molecular weight excluding hydrogens is 172 g/mol. The first-order valence-corrected chi connectivity index (χ1v) is 4.05. The van der Waals surface area contributed by atoms with Gasteiger partial charge in [-0.25, -0.2) is 0 Å². The number of allylic oxidation sites excluding steroid dienone is 2. The van der Waals surface area contributed by atoms with Gasteiger partial charge in [0, 0.05) is 17.0 Å². The zero-order chi connectivity index (χ0) is 8.55. The van der Waals surface area contributed by atoms with Crippen molar-refractivity contribution in [2.75, 3.05) is 0 Å². The van der Waals surface area contributed by atoms with Gasteiger partial charge in [0.05, 0.1) is 0 Å². The molecule has 0 atom stereocenters. The van der Waals surface area contributed by atoms with Crippen LogP contribution in [0.5, 0.6) is 0 Å². The molecule has 0 saturated carbocycles. The highest BCUT2D eigenvalue weighted by atomic mass is 35.5. The zero-order valence-corrected chi connectivity index (χ0v) is 7.06. The summed E-state index contributed by atoms with van der Waals surface area (Å²) in [6, 6.07) is 7.22. The van der Waals surface area contributed by atoms with Gasteiger partial charge in [0.25, 0.3) is 0 Å². The van der Waals surface area contributed by atoms with Crippen molar-refractivity contribution in [1.82, 2.24) is 0 Å². The molecule has 1 aromatic rings. The molecule has 0 saturated heterocycles. The van der Waals surface area contributed by atoms with Crippen molar-refractivity contribution in [3.63, 3.8) is 0 Å². The first-order valence-electron chi connectivity index (χ1n) is 3.67. The number of benzene rings is 1. The standard InChI is InChI=1S/C10H6ClO/c11-8-3-1-7(2-4-8)9-5-6-10(9)12/h1-4H,6H2. The Balaban J connectivity index is 2.36. The van der Waals surface area contributed by atoms with Gasteiger partial charge in [0.1, 0.15) is 0 Å². The first-order chi connectivity index (χ1) is 5.77. The van der Waals surface area contributed by atoms with Gasteiger partial charge >= 0.3 is 0 Å². The van der Waals surface area contributed by atoms with E-state index in [2.05, 4.69) is 6.08 Å². The monoisotopic (exact) mass is 177 g/mol. The van der Waals surface area contributed by atoms with Gasteiger partial charge in [-0.2, -0.15) is 0 Å². The van der Waals surface area contributed by atoms with Crippen LogP contribution in [0.3, 0.4) is 0 Å². The van der Waals surface area contributed by atoms with Crippen LogP contribution >= 0.6 is 11.6 Å². The van der Waals surface area contributed by atoms with E-state index in [1.54, 1.807) is 12.1 Å². The molecule has 0 N–H and O–H groups in total. The third-order valence-corrected chi connectivity index (χ3v) is 2.09. The average Bonchev–Trinajstić information content (AvgIpc) is 2.06. The Labute approximate surface area is 75.7 Å². The van der Waals surface area contributed by atoms with Gasteiger partial charge in [-0.05, 0) is 23.8 Å². The molecule has 0 aliphatic heterocycles. The van der Waals surface area contributed by atoms with E-state index in [1.165, 1.54) is 0 Å². The molecule has 2 rings (SSSR count). The zero-order valence-electron chi connectivity index (χ0n) is 6.30. The van der Waals surface area contributed by atoms with E-state index >= 15 is 0 Å². The summed E-state index contributed by atoms with van der Waals surface area (Å²) in [7, 11) is 0. The number of carbonyl (C=O) groups excluding carboxylic acids is 1. The smallest absolute Gasteiger partial charge is 0.168 e. The Bertz CT molecular complexity index is 349. The number of ketones is 1. The summed E-state index contributed by atoms with van der Waals surface area (Å²) in [5.74, 6) is 0.164. The lowest BCUT2D eigenvalue weighted by Gasteiger charge is -2.11. The maximum atomic E-state index is 11.0. The lowest BCUT2D eigenvalue weighted by Crippen LogP contribution is -2.09. The average molecular weight is 178 g/mol. The molecule has 12 heavy (non-hydrogen) atoms. The molecule has 59 valence electrons. The number of hydrogen-bond acceptors (Lipinski definition) is 1. The van der Waals surface area contributed by atoms with Gasteiger partial charge in [0.2, 0.25) is 0 Å². The summed E-state index contributed by atoms with van der Waals surface area (Å²) < 4.78 is 0. The second kappa shape index (κ2) is 2.76. The minimum atomic E-state index is 0.164. The van der Waals surface area contributed by atoms with Crippen LogP contribution < -0.4 is 0 Å². The highest BCUT2D eigenvalue weighted by Crippen LogP contribution is 2.25. The van der Waals surface area contributed by atoms with Crippen LogP contribution in [0, 0.1) is 6.08 Å². The second-order valence-corrected chi connectivity index (χ2v) is 3.10. The molecule has 0 aromatic heterocycles. The van der Waals surface area contributed by atoms with Crippen molar-refractivity contribution in [2.45, 2.75) is 6.42 Å². The summed E-state index contributed by atoms with van der Waals surface area (Å²) in [4.78, 5) is 11.0. The molecule has 2 heteroatoms. The van der Waals surface area contributed by atoms with E-state index < -0.39 is 0 Å². The predicted molar refractivity (Wildman–Crippen MR) is 47.7 cm³/mol. The fourth-order valence-electron chi connectivity index (χ4n) is 1.13. The van der Waals surface area contributed by atoms with Crippen LogP contribution in [0.4, 0.5) is 0 Å². The molecule has 1 aliphatic carbocycles. The largest absolute Gasteiger partial charge is 0.294 e. The van der Waals surface area contributed by atoms with Crippen molar-refractivity contribution in [3.05, 3.63) is 40.9 Å². The lowest BCUT2D eigenvalue weighted by atomic mass is 9.91. The van der Waals surface area contributed by atoms with Gasteiger partial charge in [-0.3, -0.25) is 4.79 Å². The van der Waals surface area contributed by atoms with Crippen LogP contribution in [0.2, 0.25) is 5.02 Å². The molecule has 0 unspecified atom stereocenters. The Morgan fingerprint density at radius 3 is 2.33 bits per heavy atom. The van der Waals surface area contributed by atoms with E-state index in [0.717, 1.165) is 5.56 Å². The van der Waals surface area contributed by atoms with Crippen molar-refractivity contribution >= 4 is 23.0 Å². The highest BCUT2D eigenvalue weighted by molar-refractivity contribution is 6.31. The highest BCUT2D eigenvalue weighted by Gasteiger charge is 2.18. The van der Waals surface area contributed by atoms with Crippen molar-refractivity contribution in [2.24, 2.45) is 0 Å². The van der Waals surface area contributed by atoms with Crippen LogP contribution in [-0.2, 0) is 4.79 Å². The summed E-state index contributed by atoms with van der Waals surface area (Å²) in [5, 5.41) is 0.686. The quantitative estimate of drug-likeness (QED) is 0.644. The van der Waals surface area contributed by atoms with E-state index in [-0.39, 0.29) is 5.78 Å². The molecule has 0 bridgehead atoms. The maximum absolute atomic E-state index is 11.0. The molecule has 0 spiro atoms. The Morgan fingerprint density at radius 1 is 1.25 bits per heavy atom. The van der Waals surface area contributed by atoms with Gasteiger partial charge < -0.3 is 0 Å². The van der Waals surface area contributed by atoms with E-state index in [9.17, 15) is 4.79 Å². The Hall–Kier alpha value is -1.08. The van der Waals surface area contributed by atoms with Crippen LogP contribution in [-0.4, -0.2) is 5.78 Å². The molecule has 0 heterocycles. The summed E-state index contributed by atoms with van der Waals surface area (Å²) in [6.07, 6.45) is 3.41. The fraction of sp³-hybridized carbons (Fsp3) is 0.100. The summed E-state index contributed by atoms with van der Waals surface area (Å²) in [5.41, 5.74) is 1.61. The van der Waals surface area contributed by atoms with Crippen LogP contribution in [0.15, 0.2) is 24.3 Å². The molecule has 0 amide bonds. The van der Waals surface area contributed by atoms with Crippen LogP contribution in [0.1, 0.15) is 12.0 Å². The number of Topliss-reactive ketones (excluding diaryl/α,β-unsaturated/α-hetero) is 1. The van der Waals surface area contributed by atoms with Crippen molar-refractivity contribution in [1.29, 1.82) is 0 Å². The topological polar surface area (TPSA) is 17.1 Å². The first kappa shape index (κ1) is 7.56. The third-order valence-electron chi connectivity index (χ3n) is 1.84. The van der Waals surface area contributed by atoms with Crippen molar-refractivity contribution < 1.29 is 4.79 Å². The van der Waals surface area contributed by atoms with Gasteiger partial charge in [-0.15, -0.1) is 0 Å². The maximum Gasteiger partial charge on any atom is 0.168 e. The molecule has 1 aromatic carbocycles. The van der Waals surface area contributed by atoms with E-state index in [1.807, 2.05) is 12.1 Å². The number of carbonyl (C=O) groups is 1. The predicted octanol–water partition coefficient (Wildman–Crippen LogP) is 2.50. The molecule has 1 aliphatic rings. The van der Waals surface area contributed by atoms with E-state index in [4.69, 9.17) is 11.6 Å². The Kier molecular flexibility index (Phi) is 1.74. The SMILES string of the molecule is O=C1C[C]=C1c1ccc(Cl)cc1. The third kappa shape index (κ3) is 1.16. The Morgan fingerprint density at radius 2 is 1.92 bits per heavy atom. The molecule has 1 nitrogen and oxygen atoms in total. The van der Waals surface area contributed by atoms with Crippen LogP contribution in [0.25, 0.3) is 5.57 Å². The van der Waals surface area contributed by atoms with E-state index in [0.29, 0.717) is 17.0 Å². The minimum Gasteiger partial charge on any atom is -0.294 e. The second-order valence-electron chi connectivity index (χ2n) is 2.66. The van der Waals surface area contributed by atoms with Gasteiger partial charge in [0.15, 0.2) is 5.78 Å². The van der Waals surface area contributed by atoms with Crippen molar-refractivity contribution in [3.8, 4) is 0 Å². The number of hydrogen-bond donors (Lipinski definition) is 0. The summed E-state index contributed by atoms with van der Waals surface area (Å²) in [6.45, 7) is 0. The molecule has 1 radical (unpaired) electrons. The summed E-state index contributed by atoms with van der Waals surface area (Å²) >= 11 is 5.70. The molecule has 0 fully saturated rings.